The predicted octanol–water partition coefficient (Wildman–Crippen LogP) is 1.34. The Kier molecular flexibility index (Phi) is 6.05. The van der Waals surface area contributed by atoms with Crippen LogP contribution in [0.2, 0.25) is 0 Å². The molecule has 3 N–H and O–H groups in total. The summed E-state index contributed by atoms with van der Waals surface area (Å²) in [6.07, 6.45) is -1.53. The number of carbonyl (C=O) groups is 4. The fourth-order valence-electron chi connectivity index (χ4n) is 2.46. The van der Waals surface area contributed by atoms with Crippen molar-refractivity contribution in [1.29, 1.82) is 0 Å². The van der Waals surface area contributed by atoms with E-state index in [1.54, 1.807) is 20.8 Å². The van der Waals surface area contributed by atoms with Crippen molar-refractivity contribution in [1.82, 2.24) is 5.32 Å². The summed E-state index contributed by atoms with van der Waals surface area (Å²) in [5.74, 6) is -3.13. The summed E-state index contributed by atoms with van der Waals surface area (Å²) in [6, 6.07) is 4.45. The summed E-state index contributed by atoms with van der Waals surface area (Å²) in [5, 5.41) is 21.8. The molecule has 1 saturated heterocycles. The lowest BCUT2D eigenvalue weighted by Crippen LogP contribution is -2.55. The molecule has 2 rings (SSSR count). The number of aromatic hydroxyl groups is 1. The molecule has 1 aromatic carbocycles. The van der Waals surface area contributed by atoms with E-state index in [0.717, 1.165) is 0 Å². The molecular formula is C18H23N2O8+. The van der Waals surface area contributed by atoms with Gasteiger partial charge in [0, 0.05) is 6.42 Å². The van der Waals surface area contributed by atoms with Gasteiger partial charge in [0.05, 0.1) is 12.8 Å². The zero-order chi connectivity index (χ0) is 21.1. The lowest BCUT2D eigenvalue weighted by molar-refractivity contribution is -1.12. The highest BCUT2D eigenvalue weighted by Gasteiger charge is 2.56. The Balaban J connectivity index is 2.19. The van der Waals surface area contributed by atoms with Crippen molar-refractivity contribution in [2.24, 2.45) is 0 Å². The molecule has 10 heteroatoms. The van der Waals surface area contributed by atoms with Gasteiger partial charge in [0.25, 0.3) is 0 Å². The van der Waals surface area contributed by atoms with E-state index in [-0.39, 0.29) is 25.0 Å². The maximum Gasteiger partial charge on any atom is 0.408 e. The minimum absolute atomic E-state index is 0.0103. The molecule has 1 aliphatic rings. The van der Waals surface area contributed by atoms with Gasteiger partial charge in [-0.3, -0.25) is 0 Å². The maximum atomic E-state index is 12.5. The second kappa shape index (κ2) is 7.95. The lowest BCUT2D eigenvalue weighted by atomic mass is 10.1. The van der Waals surface area contributed by atoms with Crippen LogP contribution in [0.25, 0.3) is 0 Å². The fourth-order valence-corrected chi connectivity index (χ4v) is 2.46. The number of phenols is 1. The van der Waals surface area contributed by atoms with Crippen molar-refractivity contribution in [2.45, 2.75) is 51.7 Å². The van der Waals surface area contributed by atoms with Crippen LogP contribution in [-0.2, 0) is 30.4 Å². The smallest absolute Gasteiger partial charge is 0.408 e. The molecule has 3 amide bonds. The molecule has 1 atom stereocenters. The first-order valence-corrected chi connectivity index (χ1v) is 8.60. The van der Waals surface area contributed by atoms with Crippen LogP contribution in [0.15, 0.2) is 24.3 Å². The minimum Gasteiger partial charge on any atom is -0.508 e. The molecule has 1 heterocycles. The Morgan fingerprint density at radius 3 is 2.18 bits per heavy atom. The first-order chi connectivity index (χ1) is 12.9. The van der Waals surface area contributed by atoms with E-state index in [9.17, 15) is 29.5 Å². The third kappa shape index (κ3) is 5.27. The van der Waals surface area contributed by atoms with Crippen LogP contribution in [0.1, 0.15) is 39.2 Å². The lowest BCUT2D eigenvalue weighted by Gasteiger charge is -2.24. The molecule has 0 aromatic heterocycles. The quantitative estimate of drug-likeness (QED) is 0.386. The number of phenolic OH excluding ortho intramolecular Hbond substituents is 1. The zero-order valence-electron chi connectivity index (χ0n) is 15.8. The number of hydrogen-bond acceptors (Lipinski definition) is 8. The average Bonchev–Trinajstić information content (AvgIpc) is 2.82. The largest absolute Gasteiger partial charge is 0.508 e. The molecule has 10 nitrogen and oxygen atoms in total. The Hall–Kier alpha value is -2.98. The summed E-state index contributed by atoms with van der Waals surface area (Å²) in [7, 11) is 0. The number of amides is 3. The number of carbonyl (C=O) groups excluding carboxylic acids is 4. The van der Waals surface area contributed by atoms with Gasteiger partial charge >= 0.3 is 23.9 Å². The predicted molar refractivity (Wildman–Crippen MR) is 92.4 cm³/mol. The van der Waals surface area contributed by atoms with Crippen molar-refractivity contribution >= 4 is 23.9 Å². The van der Waals surface area contributed by atoms with Gasteiger partial charge in [0.2, 0.25) is 0 Å². The Labute approximate surface area is 161 Å². The second-order valence-electron chi connectivity index (χ2n) is 7.34. The summed E-state index contributed by atoms with van der Waals surface area (Å²) in [4.78, 5) is 50.8. The summed E-state index contributed by atoms with van der Waals surface area (Å²) in [5.41, 5.74) is -0.290. The van der Waals surface area contributed by atoms with Gasteiger partial charge in [-0.05, 0) is 38.5 Å². The van der Waals surface area contributed by atoms with Gasteiger partial charge in [0.1, 0.15) is 22.2 Å². The number of nitrogens with zero attached hydrogens (tertiary/aromatic N) is 1. The third-order valence-electron chi connectivity index (χ3n) is 3.80. The van der Waals surface area contributed by atoms with Gasteiger partial charge in [-0.25, -0.2) is 24.0 Å². The Morgan fingerprint density at radius 1 is 1.14 bits per heavy atom. The molecule has 0 spiro atoms. The maximum absolute atomic E-state index is 12.5. The topological polar surface area (TPSA) is 139 Å². The highest BCUT2D eigenvalue weighted by Crippen LogP contribution is 2.22. The molecule has 0 radical (unpaired) electrons. The molecule has 0 bridgehead atoms. The molecule has 1 fully saturated rings. The van der Waals surface area contributed by atoms with Gasteiger partial charge in [-0.15, -0.1) is 0 Å². The van der Waals surface area contributed by atoms with Crippen molar-refractivity contribution in [3.63, 3.8) is 0 Å². The summed E-state index contributed by atoms with van der Waals surface area (Å²) >= 11 is 0. The number of quaternary nitrogens is 1. The molecule has 1 aliphatic heterocycles. The number of hydrogen-bond donors (Lipinski definition) is 3. The van der Waals surface area contributed by atoms with Crippen LogP contribution in [-0.4, -0.2) is 50.6 Å². The number of benzene rings is 1. The van der Waals surface area contributed by atoms with Crippen molar-refractivity contribution in [2.75, 3.05) is 0 Å². The van der Waals surface area contributed by atoms with Gasteiger partial charge in [0.15, 0.2) is 0 Å². The van der Waals surface area contributed by atoms with E-state index >= 15 is 0 Å². The van der Waals surface area contributed by atoms with E-state index in [0.29, 0.717) is 5.56 Å². The van der Waals surface area contributed by atoms with Crippen LogP contribution >= 0.6 is 0 Å². The van der Waals surface area contributed by atoms with Crippen molar-refractivity contribution in [3.05, 3.63) is 29.8 Å². The molecule has 152 valence electrons. The molecule has 1 aromatic rings. The molecular weight excluding hydrogens is 372 g/mol. The highest BCUT2D eigenvalue weighted by molar-refractivity contribution is 5.91. The van der Waals surface area contributed by atoms with Crippen molar-refractivity contribution < 1.29 is 43.9 Å². The van der Waals surface area contributed by atoms with Gasteiger partial charge in [-0.1, -0.05) is 12.1 Å². The monoisotopic (exact) mass is 395 g/mol. The molecule has 28 heavy (non-hydrogen) atoms. The SMILES string of the molecule is CC(C)(C)OC(=O)N[C@@H](Cc1ccc(O)cc1)C(=O)O[N+]1(O)C(=O)CCC1=O. The second-order valence-corrected chi connectivity index (χ2v) is 7.34. The Morgan fingerprint density at radius 2 is 1.68 bits per heavy atom. The first kappa shape index (κ1) is 21.3. The first-order valence-electron chi connectivity index (χ1n) is 8.60. The zero-order valence-corrected chi connectivity index (χ0v) is 15.8. The van der Waals surface area contributed by atoms with Crippen LogP contribution in [0.3, 0.4) is 0 Å². The highest BCUT2D eigenvalue weighted by atomic mass is 17.0. The number of nitrogens with one attached hydrogen (secondary N) is 1. The van der Waals surface area contributed by atoms with E-state index in [4.69, 9.17) is 9.57 Å². The van der Waals surface area contributed by atoms with E-state index in [1.807, 2.05) is 0 Å². The van der Waals surface area contributed by atoms with Gasteiger partial charge < -0.3 is 15.2 Å². The van der Waals surface area contributed by atoms with Crippen LogP contribution < -0.4 is 5.32 Å². The van der Waals surface area contributed by atoms with E-state index in [2.05, 4.69) is 5.32 Å². The number of imide groups is 1. The summed E-state index contributed by atoms with van der Waals surface area (Å²) < 4.78 is 5.11. The minimum atomic E-state index is -2.08. The number of alkyl carbamates (subject to hydrolysis) is 1. The Bertz CT molecular complexity index is 766. The van der Waals surface area contributed by atoms with E-state index in [1.165, 1.54) is 24.3 Å². The molecule has 0 unspecified atom stereocenters. The average molecular weight is 395 g/mol. The molecule has 0 aliphatic carbocycles. The van der Waals surface area contributed by atoms with E-state index < -0.39 is 40.3 Å². The van der Waals surface area contributed by atoms with Crippen molar-refractivity contribution in [3.8, 4) is 5.75 Å². The standard InChI is InChI=1S/C18H22N2O8/c1-18(2,3)27-17(25)19-13(10-11-4-6-12(21)7-5-11)16(24)28-20(26)14(22)8-9-15(20)23/h4-7,13,26H,8-10H2,1-3H3,(H-,19,21,25)/p+1/t13-/m0/s1. The number of hydroxylamine groups is 4. The number of ether oxygens (including phenoxy) is 1. The normalized spacial score (nSPS) is 17.1. The summed E-state index contributed by atoms with van der Waals surface area (Å²) in [6.45, 7) is 4.90. The third-order valence-corrected chi connectivity index (χ3v) is 3.80. The number of rotatable bonds is 5. The molecule has 0 saturated carbocycles. The van der Waals surface area contributed by atoms with Crippen LogP contribution in [0.4, 0.5) is 4.79 Å². The fraction of sp³-hybridized carbons (Fsp3) is 0.444. The van der Waals surface area contributed by atoms with Gasteiger partial charge in [-0.2, -0.15) is 5.21 Å². The van der Waals surface area contributed by atoms with Crippen LogP contribution in [0.5, 0.6) is 5.75 Å². The van der Waals surface area contributed by atoms with Crippen LogP contribution in [0, 0.1) is 0 Å².